The fourth-order valence-electron chi connectivity index (χ4n) is 1.89. The van der Waals surface area contributed by atoms with Crippen molar-refractivity contribution in [3.63, 3.8) is 0 Å². The van der Waals surface area contributed by atoms with Gasteiger partial charge in [-0.25, -0.2) is 4.39 Å². The highest BCUT2D eigenvalue weighted by molar-refractivity contribution is 9.10. The summed E-state index contributed by atoms with van der Waals surface area (Å²) in [6.45, 7) is 2.17. The Morgan fingerprint density at radius 2 is 2.12 bits per heavy atom. The zero-order valence-electron chi connectivity index (χ0n) is 10.2. The molecule has 2 nitrogen and oxygen atoms in total. The van der Waals surface area contributed by atoms with Crippen molar-refractivity contribution in [3.8, 4) is 0 Å². The van der Waals surface area contributed by atoms with Gasteiger partial charge in [0.05, 0.1) is 0 Å². The molecule has 0 fully saturated rings. The van der Waals surface area contributed by atoms with Crippen molar-refractivity contribution in [2.45, 2.75) is 45.1 Å². The monoisotopic (exact) mass is 302 g/mol. The first-order valence-electron chi connectivity index (χ1n) is 6.10. The molecule has 0 aliphatic carbocycles. The minimum Gasteiger partial charge on any atom is -0.271 e. The molecule has 1 aromatic carbocycles. The van der Waals surface area contributed by atoms with Crippen LogP contribution in [0.5, 0.6) is 0 Å². The smallest absolute Gasteiger partial charge is 0.129 e. The maximum absolute atomic E-state index is 13.7. The molecule has 0 bridgehead atoms. The van der Waals surface area contributed by atoms with Crippen LogP contribution in [0.25, 0.3) is 0 Å². The van der Waals surface area contributed by atoms with E-state index >= 15 is 0 Å². The van der Waals surface area contributed by atoms with Crippen LogP contribution in [0.1, 0.15) is 50.6 Å². The summed E-state index contributed by atoms with van der Waals surface area (Å²) in [7, 11) is 0. The number of hydrazine groups is 1. The van der Waals surface area contributed by atoms with Crippen LogP contribution in [0, 0.1) is 5.82 Å². The van der Waals surface area contributed by atoms with Gasteiger partial charge in [-0.05, 0) is 18.6 Å². The lowest BCUT2D eigenvalue weighted by molar-refractivity contribution is 0.460. The first-order chi connectivity index (χ1) is 8.19. The highest BCUT2D eigenvalue weighted by Gasteiger charge is 2.13. The number of benzene rings is 1. The van der Waals surface area contributed by atoms with E-state index in [0.717, 1.165) is 17.3 Å². The van der Waals surface area contributed by atoms with E-state index in [4.69, 9.17) is 5.84 Å². The van der Waals surface area contributed by atoms with Crippen LogP contribution in [-0.4, -0.2) is 0 Å². The molecule has 0 spiro atoms. The van der Waals surface area contributed by atoms with Crippen LogP contribution in [0.4, 0.5) is 4.39 Å². The van der Waals surface area contributed by atoms with Crippen LogP contribution < -0.4 is 11.3 Å². The lowest BCUT2D eigenvalue weighted by Gasteiger charge is -2.17. The Bertz CT molecular complexity index is 344. The molecule has 0 saturated carbocycles. The minimum absolute atomic E-state index is 0.0973. The quantitative estimate of drug-likeness (QED) is 0.453. The van der Waals surface area contributed by atoms with E-state index in [2.05, 4.69) is 28.3 Å². The summed E-state index contributed by atoms with van der Waals surface area (Å²) < 4.78 is 14.5. The molecule has 96 valence electrons. The minimum atomic E-state index is -0.210. The molecule has 4 heteroatoms. The Balaban J connectivity index is 2.59. The third-order valence-electron chi connectivity index (χ3n) is 2.89. The molecule has 17 heavy (non-hydrogen) atoms. The van der Waals surface area contributed by atoms with Crippen LogP contribution >= 0.6 is 15.9 Å². The Morgan fingerprint density at radius 1 is 1.35 bits per heavy atom. The van der Waals surface area contributed by atoms with E-state index < -0.39 is 0 Å². The lowest BCUT2D eigenvalue weighted by atomic mass is 10.0. The molecule has 0 aliphatic heterocycles. The van der Waals surface area contributed by atoms with Crippen LogP contribution in [0.3, 0.4) is 0 Å². The molecule has 1 unspecified atom stereocenters. The summed E-state index contributed by atoms with van der Waals surface area (Å²) in [5.74, 6) is 5.29. The molecule has 3 N–H and O–H groups in total. The van der Waals surface area contributed by atoms with Crippen molar-refractivity contribution in [1.29, 1.82) is 0 Å². The Morgan fingerprint density at radius 3 is 2.71 bits per heavy atom. The standard InChI is InChI=1S/C13H20BrFN2/c1-2-3-4-5-6-13(17-16)11-8-7-10(14)9-12(11)15/h7-9,13,17H,2-6,16H2,1H3. The zero-order chi connectivity index (χ0) is 12.7. The van der Waals surface area contributed by atoms with Crippen molar-refractivity contribution in [2.24, 2.45) is 5.84 Å². The fraction of sp³-hybridized carbons (Fsp3) is 0.538. The van der Waals surface area contributed by atoms with Gasteiger partial charge in [0.1, 0.15) is 5.82 Å². The molecule has 1 aromatic rings. The van der Waals surface area contributed by atoms with Crippen molar-refractivity contribution in [1.82, 2.24) is 5.43 Å². The summed E-state index contributed by atoms with van der Waals surface area (Å²) in [5, 5.41) is 0. The Labute approximate surface area is 111 Å². The van der Waals surface area contributed by atoms with E-state index in [-0.39, 0.29) is 11.9 Å². The summed E-state index contributed by atoms with van der Waals surface area (Å²) >= 11 is 3.25. The average Bonchev–Trinajstić information content (AvgIpc) is 2.31. The number of nitrogens with one attached hydrogen (secondary N) is 1. The first-order valence-corrected chi connectivity index (χ1v) is 6.89. The topological polar surface area (TPSA) is 38.0 Å². The third kappa shape index (κ3) is 4.74. The van der Waals surface area contributed by atoms with E-state index in [1.54, 1.807) is 6.07 Å². The fourth-order valence-corrected chi connectivity index (χ4v) is 2.22. The summed E-state index contributed by atoms with van der Waals surface area (Å²) in [6.07, 6.45) is 5.54. The molecule has 1 rings (SSSR count). The summed E-state index contributed by atoms with van der Waals surface area (Å²) in [6, 6.07) is 5.00. The highest BCUT2D eigenvalue weighted by Crippen LogP contribution is 2.24. The number of halogens is 2. The predicted octanol–water partition coefficient (Wildman–Crippen LogP) is 4.06. The number of hydrogen-bond acceptors (Lipinski definition) is 2. The SMILES string of the molecule is CCCCCCC(NN)c1ccc(Br)cc1F. The van der Waals surface area contributed by atoms with Gasteiger partial charge < -0.3 is 0 Å². The maximum Gasteiger partial charge on any atom is 0.129 e. The number of rotatable bonds is 7. The maximum atomic E-state index is 13.7. The van der Waals surface area contributed by atoms with Crippen LogP contribution in [0.15, 0.2) is 22.7 Å². The number of nitrogens with two attached hydrogens (primary N) is 1. The molecular formula is C13H20BrFN2. The largest absolute Gasteiger partial charge is 0.271 e. The molecule has 0 aliphatic rings. The predicted molar refractivity (Wildman–Crippen MR) is 72.9 cm³/mol. The molecule has 0 saturated heterocycles. The van der Waals surface area contributed by atoms with Gasteiger partial charge in [0, 0.05) is 16.1 Å². The first kappa shape index (κ1) is 14.6. The van der Waals surface area contributed by atoms with E-state index in [1.165, 1.54) is 25.3 Å². The molecule has 0 heterocycles. The van der Waals surface area contributed by atoms with Gasteiger partial charge in [0.15, 0.2) is 0 Å². The molecular weight excluding hydrogens is 283 g/mol. The number of hydrogen-bond donors (Lipinski definition) is 2. The average molecular weight is 303 g/mol. The van der Waals surface area contributed by atoms with Gasteiger partial charge in [0.25, 0.3) is 0 Å². The second kappa shape index (κ2) is 7.80. The number of unbranched alkanes of at least 4 members (excludes halogenated alkanes) is 3. The van der Waals surface area contributed by atoms with Crippen LogP contribution in [-0.2, 0) is 0 Å². The third-order valence-corrected chi connectivity index (χ3v) is 3.38. The van der Waals surface area contributed by atoms with E-state index in [9.17, 15) is 4.39 Å². The Kier molecular flexibility index (Phi) is 6.70. The van der Waals surface area contributed by atoms with Gasteiger partial charge >= 0.3 is 0 Å². The summed E-state index contributed by atoms with van der Waals surface area (Å²) in [5.41, 5.74) is 3.35. The van der Waals surface area contributed by atoms with E-state index in [1.807, 2.05) is 6.07 Å². The second-order valence-corrected chi connectivity index (χ2v) is 5.15. The second-order valence-electron chi connectivity index (χ2n) is 4.23. The van der Waals surface area contributed by atoms with Crippen LogP contribution in [0.2, 0.25) is 0 Å². The van der Waals surface area contributed by atoms with Gasteiger partial charge in [-0.3, -0.25) is 11.3 Å². The van der Waals surface area contributed by atoms with Gasteiger partial charge in [-0.1, -0.05) is 54.6 Å². The van der Waals surface area contributed by atoms with Gasteiger partial charge in [-0.15, -0.1) is 0 Å². The van der Waals surface area contributed by atoms with Crippen molar-refractivity contribution < 1.29 is 4.39 Å². The lowest BCUT2D eigenvalue weighted by Crippen LogP contribution is -2.28. The highest BCUT2D eigenvalue weighted by atomic mass is 79.9. The molecule has 0 aromatic heterocycles. The van der Waals surface area contributed by atoms with Crippen molar-refractivity contribution in [3.05, 3.63) is 34.1 Å². The Hall–Kier alpha value is -0.450. The van der Waals surface area contributed by atoms with Gasteiger partial charge in [0.2, 0.25) is 0 Å². The molecule has 1 atom stereocenters. The molecule has 0 radical (unpaired) electrons. The van der Waals surface area contributed by atoms with Gasteiger partial charge in [-0.2, -0.15) is 0 Å². The summed E-state index contributed by atoms with van der Waals surface area (Å²) in [4.78, 5) is 0. The molecule has 0 amide bonds. The normalized spacial score (nSPS) is 12.7. The van der Waals surface area contributed by atoms with Crippen molar-refractivity contribution >= 4 is 15.9 Å². The zero-order valence-corrected chi connectivity index (χ0v) is 11.8. The van der Waals surface area contributed by atoms with E-state index in [0.29, 0.717) is 5.56 Å². The van der Waals surface area contributed by atoms with Crippen molar-refractivity contribution in [2.75, 3.05) is 0 Å².